The number of aryl methyl sites for hydroxylation is 1. The fourth-order valence-electron chi connectivity index (χ4n) is 2.74. The molecule has 1 aromatic carbocycles. The van der Waals surface area contributed by atoms with Crippen LogP contribution in [-0.4, -0.2) is 26.9 Å². The Morgan fingerprint density at radius 3 is 2.94 bits per heavy atom. The largest absolute Gasteiger partial charge is 0.493 e. The maximum Gasteiger partial charge on any atom is 0.127 e. The van der Waals surface area contributed by atoms with Crippen LogP contribution in [0.15, 0.2) is 18.2 Å². The van der Waals surface area contributed by atoms with Gasteiger partial charge in [-0.05, 0) is 31.9 Å². The van der Waals surface area contributed by atoms with E-state index in [2.05, 4.69) is 30.4 Å². The Hall–Kier alpha value is -1.06. The molecule has 0 amide bonds. The van der Waals surface area contributed by atoms with E-state index in [1.54, 1.807) is 7.11 Å². The Morgan fingerprint density at radius 1 is 1.44 bits per heavy atom. The molecule has 1 heterocycles. The van der Waals surface area contributed by atoms with E-state index in [1.165, 1.54) is 11.1 Å². The van der Waals surface area contributed by atoms with Crippen molar-refractivity contribution in [2.45, 2.75) is 38.3 Å². The van der Waals surface area contributed by atoms with Gasteiger partial charge in [-0.2, -0.15) is 0 Å². The van der Waals surface area contributed by atoms with Crippen LogP contribution >= 0.6 is 0 Å². The maximum absolute atomic E-state index is 5.88. The molecular weight excluding hydrogens is 226 g/mol. The summed E-state index contributed by atoms with van der Waals surface area (Å²) in [5, 5.41) is 3.37. The summed E-state index contributed by atoms with van der Waals surface area (Å²) in [5.41, 5.74) is 2.55. The number of methoxy groups -OCH3 is 1. The molecule has 2 unspecified atom stereocenters. The summed E-state index contributed by atoms with van der Waals surface area (Å²) in [7, 11) is 3.75. The number of nitrogens with one attached hydrogen (secondary N) is 1. The van der Waals surface area contributed by atoms with Crippen LogP contribution in [0.25, 0.3) is 0 Å². The predicted molar refractivity (Wildman–Crippen MR) is 73.1 cm³/mol. The second-order valence-corrected chi connectivity index (χ2v) is 4.74. The number of ether oxygens (including phenoxy) is 2. The second-order valence-electron chi connectivity index (χ2n) is 4.74. The number of benzene rings is 1. The highest BCUT2D eigenvalue weighted by molar-refractivity contribution is 5.45. The third-order valence-electron chi connectivity index (χ3n) is 3.69. The van der Waals surface area contributed by atoms with Gasteiger partial charge in [-0.1, -0.05) is 25.1 Å². The summed E-state index contributed by atoms with van der Waals surface area (Å²) < 4.78 is 11.5. The van der Waals surface area contributed by atoms with E-state index < -0.39 is 0 Å². The van der Waals surface area contributed by atoms with Crippen molar-refractivity contribution < 1.29 is 9.47 Å². The number of fused-ring (bicyclic) bond motifs is 1. The molecule has 0 aromatic heterocycles. The third kappa shape index (κ3) is 2.52. The third-order valence-corrected chi connectivity index (χ3v) is 3.69. The number of rotatable bonds is 5. The summed E-state index contributed by atoms with van der Waals surface area (Å²) in [4.78, 5) is 0. The topological polar surface area (TPSA) is 30.5 Å². The average Bonchev–Trinajstić information content (AvgIpc) is 2.44. The first kappa shape index (κ1) is 13.4. The van der Waals surface area contributed by atoms with E-state index in [9.17, 15) is 0 Å². The molecule has 2 rings (SSSR count). The summed E-state index contributed by atoms with van der Waals surface area (Å²) in [6.07, 6.45) is 3.38. The molecule has 3 nitrogen and oxygen atoms in total. The molecule has 0 spiro atoms. The lowest BCUT2D eigenvalue weighted by Crippen LogP contribution is -2.31. The summed E-state index contributed by atoms with van der Waals surface area (Å²) >= 11 is 0. The van der Waals surface area contributed by atoms with Crippen molar-refractivity contribution in [3.05, 3.63) is 29.3 Å². The van der Waals surface area contributed by atoms with E-state index in [0.717, 1.165) is 31.6 Å². The van der Waals surface area contributed by atoms with Gasteiger partial charge in [0.2, 0.25) is 0 Å². The Bertz CT molecular complexity index is 388. The van der Waals surface area contributed by atoms with Gasteiger partial charge in [0.25, 0.3) is 0 Å². The lowest BCUT2D eigenvalue weighted by atomic mass is 9.94. The minimum atomic E-state index is 0.173. The molecule has 0 bridgehead atoms. The molecule has 0 saturated carbocycles. The van der Waals surface area contributed by atoms with Crippen molar-refractivity contribution in [1.82, 2.24) is 5.32 Å². The fourth-order valence-corrected chi connectivity index (χ4v) is 2.74. The van der Waals surface area contributed by atoms with Crippen LogP contribution in [0.1, 0.15) is 36.9 Å². The highest BCUT2D eigenvalue weighted by atomic mass is 16.5. The van der Waals surface area contributed by atoms with Gasteiger partial charge in [0.05, 0.1) is 18.8 Å². The molecule has 3 heteroatoms. The highest BCUT2D eigenvalue weighted by Gasteiger charge is 2.25. The zero-order chi connectivity index (χ0) is 13.0. The minimum Gasteiger partial charge on any atom is -0.493 e. The molecule has 0 saturated heterocycles. The molecule has 0 radical (unpaired) electrons. The van der Waals surface area contributed by atoms with Crippen LogP contribution in [-0.2, 0) is 11.2 Å². The lowest BCUT2D eigenvalue weighted by Gasteiger charge is -2.29. The average molecular weight is 249 g/mol. The molecular formula is C15H23NO2. The van der Waals surface area contributed by atoms with Crippen molar-refractivity contribution >= 4 is 0 Å². The van der Waals surface area contributed by atoms with Crippen molar-refractivity contribution in [3.8, 4) is 5.75 Å². The number of hydrogen-bond acceptors (Lipinski definition) is 3. The monoisotopic (exact) mass is 249 g/mol. The quantitative estimate of drug-likeness (QED) is 0.870. The van der Waals surface area contributed by atoms with Crippen LogP contribution in [0.5, 0.6) is 5.75 Å². The lowest BCUT2D eigenvalue weighted by molar-refractivity contribution is 0.0663. The second kappa shape index (κ2) is 6.21. The number of likely N-dealkylation sites (N-methyl/N-ethyl adjacent to an activating group) is 1. The molecule has 100 valence electrons. The molecule has 1 aliphatic rings. The molecule has 2 atom stereocenters. The Morgan fingerprint density at radius 2 is 2.28 bits per heavy atom. The maximum atomic E-state index is 5.88. The summed E-state index contributed by atoms with van der Waals surface area (Å²) in [5.74, 6) is 1.07. The zero-order valence-corrected chi connectivity index (χ0v) is 11.5. The van der Waals surface area contributed by atoms with Crippen LogP contribution in [0.2, 0.25) is 0 Å². The molecule has 1 N–H and O–H groups in total. The van der Waals surface area contributed by atoms with Crippen LogP contribution in [0, 0.1) is 0 Å². The number of hydrogen-bond donors (Lipinski definition) is 1. The standard InChI is InChI=1S/C15H23NO2/c1-4-13(17-3)14(16-2)12-9-5-7-11-8-6-10-18-15(11)12/h5,7,9,13-14,16H,4,6,8,10H2,1-3H3. The molecule has 1 aromatic rings. The van der Waals surface area contributed by atoms with Gasteiger partial charge in [0, 0.05) is 12.7 Å². The highest BCUT2D eigenvalue weighted by Crippen LogP contribution is 2.35. The SMILES string of the molecule is CCC(OC)C(NC)c1cccc2c1OCCC2. The Labute approximate surface area is 109 Å². The predicted octanol–water partition coefficient (Wildman–Crippen LogP) is 2.70. The Kier molecular flexibility index (Phi) is 4.61. The van der Waals surface area contributed by atoms with Gasteiger partial charge in [0.1, 0.15) is 5.75 Å². The van der Waals surface area contributed by atoms with Gasteiger partial charge >= 0.3 is 0 Å². The first-order valence-electron chi connectivity index (χ1n) is 6.76. The van der Waals surface area contributed by atoms with Crippen molar-refractivity contribution in [2.75, 3.05) is 20.8 Å². The molecule has 0 aliphatic carbocycles. The Balaban J connectivity index is 2.36. The first-order valence-corrected chi connectivity index (χ1v) is 6.76. The van der Waals surface area contributed by atoms with E-state index in [0.29, 0.717) is 0 Å². The van der Waals surface area contributed by atoms with Crippen molar-refractivity contribution in [2.24, 2.45) is 0 Å². The van der Waals surface area contributed by atoms with E-state index >= 15 is 0 Å². The van der Waals surface area contributed by atoms with E-state index in [4.69, 9.17) is 9.47 Å². The summed E-state index contributed by atoms with van der Waals surface area (Å²) in [6.45, 7) is 2.97. The van der Waals surface area contributed by atoms with Gasteiger partial charge in [-0.3, -0.25) is 0 Å². The molecule has 18 heavy (non-hydrogen) atoms. The van der Waals surface area contributed by atoms with Gasteiger partial charge in [0.15, 0.2) is 0 Å². The van der Waals surface area contributed by atoms with Gasteiger partial charge < -0.3 is 14.8 Å². The van der Waals surface area contributed by atoms with E-state index in [1.807, 2.05) is 7.05 Å². The van der Waals surface area contributed by atoms with Crippen molar-refractivity contribution in [1.29, 1.82) is 0 Å². The van der Waals surface area contributed by atoms with Gasteiger partial charge in [-0.15, -0.1) is 0 Å². The molecule has 1 aliphatic heterocycles. The van der Waals surface area contributed by atoms with Crippen molar-refractivity contribution in [3.63, 3.8) is 0 Å². The minimum absolute atomic E-state index is 0.173. The summed E-state index contributed by atoms with van der Waals surface area (Å²) in [6, 6.07) is 6.62. The first-order chi connectivity index (χ1) is 8.81. The zero-order valence-electron chi connectivity index (χ0n) is 11.5. The van der Waals surface area contributed by atoms with Crippen LogP contribution < -0.4 is 10.1 Å². The number of para-hydroxylation sites is 1. The fraction of sp³-hybridized carbons (Fsp3) is 0.600. The van der Waals surface area contributed by atoms with E-state index in [-0.39, 0.29) is 12.1 Å². The molecule has 0 fully saturated rings. The normalized spacial score (nSPS) is 17.7. The van der Waals surface area contributed by atoms with Crippen LogP contribution in [0.3, 0.4) is 0 Å². The smallest absolute Gasteiger partial charge is 0.127 e. The van der Waals surface area contributed by atoms with Crippen LogP contribution in [0.4, 0.5) is 0 Å². The van der Waals surface area contributed by atoms with Gasteiger partial charge in [-0.25, -0.2) is 0 Å².